The number of allylic oxidation sites excluding steroid dienone is 2. The number of hydrogen-bond donors (Lipinski definition) is 1. The summed E-state index contributed by atoms with van der Waals surface area (Å²) in [5.41, 5.74) is 6.92. The molecule has 2 amide bonds. The van der Waals surface area contributed by atoms with E-state index in [9.17, 15) is 14.7 Å². The first-order valence-corrected chi connectivity index (χ1v) is 18.4. The van der Waals surface area contributed by atoms with E-state index < -0.39 is 0 Å². The molecule has 7 heteroatoms. The van der Waals surface area contributed by atoms with Crippen LogP contribution < -0.4 is 0 Å². The number of amides is 2. The van der Waals surface area contributed by atoms with Gasteiger partial charge in [0.1, 0.15) is 5.75 Å². The molecule has 0 saturated carbocycles. The molecular weight excluding hydrogens is 664 g/mol. The minimum atomic E-state index is -0.316. The van der Waals surface area contributed by atoms with E-state index >= 15 is 0 Å². The Labute approximate surface area is 292 Å². The van der Waals surface area contributed by atoms with E-state index in [0.29, 0.717) is 13.0 Å². The van der Waals surface area contributed by atoms with Crippen LogP contribution in [0.25, 0.3) is 11.6 Å². The van der Waals surface area contributed by atoms with Crippen molar-refractivity contribution in [2.75, 3.05) is 19.7 Å². The summed E-state index contributed by atoms with van der Waals surface area (Å²) in [6.07, 6.45) is 7.78. The zero-order chi connectivity index (χ0) is 33.2. The fraction of sp³-hybridized carbons (Fsp3) is 0.415. The average molecular weight is 710 g/mol. The average Bonchev–Trinajstić information content (AvgIpc) is 3.64. The minimum Gasteiger partial charge on any atom is -0.507 e. The highest BCUT2D eigenvalue weighted by Gasteiger charge is 2.58. The Morgan fingerprint density at radius 2 is 1.69 bits per heavy atom. The molecule has 0 bridgehead atoms. The van der Waals surface area contributed by atoms with E-state index in [4.69, 9.17) is 4.74 Å². The molecular formula is C41H45BrN2O4. The first-order valence-electron chi connectivity index (χ1n) is 17.6. The van der Waals surface area contributed by atoms with Gasteiger partial charge in [0.15, 0.2) is 0 Å². The number of piperidine rings is 1. The number of carbonyl (C=O) groups is 2. The van der Waals surface area contributed by atoms with E-state index in [1.54, 1.807) is 11.0 Å². The molecule has 0 unspecified atom stereocenters. The smallest absolute Gasteiger partial charge is 0.234 e. The first-order chi connectivity index (χ1) is 23.4. The van der Waals surface area contributed by atoms with Crippen molar-refractivity contribution < 1.29 is 19.4 Å². The molecule has 3 fully saturated rings. The minimum absolute atomic E-state index is 0.0215. The van der Waals surface area contributed by atoms with Gasteiger partial charge in [0.2, 0.25) is 11.8 Å². The summed E-state index contributed by atoms with van der Waals surface area (Å²) >= 11 is 3.55. The zero-order valence-electron chi connectivity index (χ0n) is 27.7. The molecule has 1 N–H and O–H groups in total. The number of rotatable bonds is 10. The highest BCUT2D eigenvalue weighted by molar-refractivity contribution is 9.10. The molecule has 4 aliphatic rings. The van der Waals surface area contributed by atoms with Crippen molar-refractivity contribution in [1.82, 2.24) is 9.80 Å². The Hall–Kier alpha value is -3.52. The summed E-state index contributed by atoms with van der Waals surface area (Å²) in [5.74, 6) is -0.298. The summed E-state index contributed by atoms with van der Waals surface area (Å²) in [6.45, 7) is 5.37. The maximum atomic E-state index is 14.2. The lowest BCUT2D eigenvalue weighted by atomic mass is 9.68. The number of fused-ring (bicyclic) bond motifs is 3. The van der Waals surface area contributed by atoms with Crippen molar-refractivity contribution in [2.24, 2.45) is 17.8 Å². The third-order valence-corrected chi connectivity index (χ3v) is 11.4. The molecule has 7 rings (SSSR count). The highest BCUT2D eigenvalue weighted by Crippen LogP contribution is 2.51. The molecule has 1 aliphatic carbocycles. The number of halogens is 1. The van der Waals surface area contributed by atoms with Gasteiger partial charge in [-0.1, -0.05) is 95.5 Å². The van der Waals surface area contributed by atoms with Crippen LogP contribution in [0.15, 0.2) is 94.5 Å². The summed E-state index contributed by atoms with van der Waals surface area (Å²) in [5, 5.41) is 10.6. The summed E-state index contributed by atoms with van der Waals surface area (Å²) in [4.78, 5) is 32.4. The van der Waals surface area contributed by atoms with E-state index in [1.807, 2.05) is 36.4 Å². The maximum Gasteiger partial charge on any atom is 0.234 e. The van der Waals surface area contributed by atoms with Gasteiger partial charge >= 0.3 is 0 Å². The molecule has 48 heavy (non-hydrogen) atoms. The Morgan fingerprint density at radius 1 is 0.958 bits per heavy atom. The first kappa shape index (κ1) is 33.0. The van der Waals surface area contributed by atoms with E-state index in [2.05, 4.69) is 70.2 Å². The second-order valence-electron chi connectivity index (χ2n) is 13.9. The predicted molar refractivity (Wildman–Crippen MR) is 193 cm³/mol. The van der Waals surface area contributed by atoms with Crippen LogP contribution in [-0.4, -0.2) is 58.6 Å². The number of ether oxygens (including phenoxy) is 1. The summed E-state index contributed by atoms with van der Waals surface area (Å²) < 4.78 is 7.48. The van der Waals surface area contributed by atoms with Crippen LogP contribution in [0.2, 0.25) is 0 Å². The number of imide groups is 1. The number of hydrogen-bond acceptors (Lipinski definition) is 5. The molecule has 3 heterocycles. The van der Waals surface area contributed by atoms with Crippen molar-refractivity contribution in [3.63, 3.8) is 0 Å². The lowest BCUT2D eigenvalue weighted by Gasteiger charge is -2.36. The van der Waals surface area contributed by atoms with Crippen LogP contribution in [0.3, 0.4) is 0 Å². The van der Waals surface area contributed by atoms with E-state index in [0.717, 1.165) is 79.3 Å². The fourth-order valence-electron chi connectivity index (χ4n) is 8.64. The number of likely N-dealkylation sites (tertiary alicyclic amines) is 2. The SMILES string of the molecule is CCCC1=C2[C@@H](CC/C(=C/c3cc(Br)ccc3O)c3ccccc3)OC[C@@H]2[C@@H]2C(=O)N(C3CCN(Cc4ccccc4)CC3)C(=O)[C@@H]2C1. The van der Waals surface area contributed by atoms with Crippen LogP contribution in [0, 0.1) is 17.8 Å². The summed E-state index contributed by atoms with van der Waals surface area (Å²) in [7, 11) is 0. The van der Waals surface area contributed by atoms with E-state index in [1.165, 1.54) is 16.7 Å². The molecule has 0 spiro atoms. The van der Waals surface area contributed by atoms with Crippen LogP contribution in [0.5, 0.6) is 5.75 Å². The van der Waals surface area contributed by atoms with Crippen LogP contribution >= 0.6 is 15.9 Å². The van der Waals surface area contributed by atoms with Gasteiger partial charge in [-0.25, -0.2) is 0 Å². The fourth-order valence-corrected chi connectivity index (χ4v) is 9.02. The number of aromatic hydroxyl groups is 1. The molecule has 3 saturated heterocycles. The monoisotopic (exact) mass is 708 g/mol. The van der Waals surface area contributed by atoms with Crippen LogP contribution in [-0.2, 0) is 20.9 Å². The molecule has 3 aromatic carbocycles. The quantitative estimate of drug-likeness (QED) is 0.131. The maximum absolute atomic E-state index is 14.2. The van der Waals surface area contributed by atoms with Crippen molar-refractivity contribution >= 4 is 39.4 Å². The molecule has 4 atom stereocenters. The standard InChI is InChI=1S/C41H45BrN2O4/c1-2-9-30-24-34-39(41(47)44(40(34)46)33-18-20-43(21-19-33)25-27-10-5-3-6-11-27)35-26-48-37(38(30)35)17-14-29(28-12-7-4-8-13-28)22-31-23-32(42)15-16-36(31)45/h3-8,10-13,15-16,22-23,33-35,37,39,45H,2,9,14,17-21,24-26H2,1H3/b29-22-/t34-,35+,37-,39-/m1/s1. The van der Waals surface area contributed by atoms with Gasteiger partial charge in [-0.15, -0.1) is 0 Å². The van der Waals surface area contributed by atoms with Crippen LogP contribution in [0.4, 0.5) is 0 Å². The van der Waals surface area contributed by atoms with Gasteiger partial charge in [0, 0.05) is 41.6 Å². The molecule has 0 aromatic heterocycles. The Morgan fingerprint density at radius 3 is 2.42 bits per heavy atom. The van der Waals surface area contributed by atoms with Crippen molar-refractivity contribution in [2.45, 2.75) is 70.6 Å². The second-order valence-corrected chi connectivity index (χ2v) is 14.8. The van der Waals surface area contributed by atoms with Crippen LogP contribution in [0.1, 0.15) is 68.6 Å². The third kappa shape index (κ3) is 6.70. The zero-order valence-corrected chi connectivity index (χ0v) is 29.3. The Balaban J connectivity index is 1.08. The van der Waals surface area contributed by atoms with Gasteiger partial charge in [-0.05, 0) is 85.1 Å². The van der Waals surface area contributed by atoms with Gasteiger partial charge in [-0.3, -0.25) is 19.4 Å². The van der Waals surface area contributed by atoms with Gasteiger partial charge in [-0.2, -0.15) is 0 Å². The van der Waals surface area contributed by atoms with Crippen molar-refractivity contribution in [3.8, 4) is 5.75 Å². The largest absolute Gasteiger partial charge is 0.507 e. The topological polar surface area (TPSA) is 70.1 Å². The second kappa shape index (κ2) is 14.5. The van der Waals surface area contributed by atoms with Crippen molar-refractivity contribution in [3.05, 3.63) is 111 Å². The van der Waals surface area contributed by atoms with Crippen molar-refractivity contribution in [1.29, 1.82) is 0 Å². The number of phenols is 1. The Kier molecular flexibility index (Phi) is 9.99. The van der Waals surface area contributed by atoms with Gasteiger partial charge in [0.25, 0.3) is 0 Å². The number of phenolic OH excluding ortho intramolecular Hbond substituents is 1. The molecule has 250 valence electrons. The third-order valence-electron chi connectivity index (χ3n) is 10.9. The molecule has 3 aliphatic heterocycles. The lowest BCUT2D eigenvalue weighted by molar-refractivity contribution is -0.144. The highest BCUT2D eigenvalue weighted by atomic mass is 79.9. The molecule has 3 aromatic rings. The molecule has 6 nitrogen and oxygen atoms in total. The van der Waals surface area contributed by atoms with Gasteiger partial charge < -0.3 is 9.84 Å². The van der Waals surface area contributed by atoms with E-state index in [-0.39, 0.29) is 47.5 Å². The molecule has 0 radical (unpaired) electrons. The summed E-state index contributed by atoms with van der Waals surface area (Å²) in [6, 6.07) is 26.3. The normalized spacial score (nSPS) is 25.1. The lowest BCUT2D eigenvalue weighted by Crippen LogP contribution is -2.47. The number of carbonyl (C=O) groups excluding carboxylic acids is 2. The number of benzene rings is 3. The predicted octanol–water partition coefficient (Wildman–Crippen LogP) is 8.26. The Bertz CT molecular complexity index is 1700. The van der Waals surface area contributed by atoms with Gasteiger partial charge in [0.05, 0.1) is 24.5 Å². The number of nitrogens with zero attached hydrogens (tertiary/aromatic N) is 2.